The number of pyridine rings is 1. The molecule has 3 atom stereocenters. The third kappa shape index (κ3) is 3.74. The van der Waals surface area contributed by atoms with Gasteiger partial charge in [0.1, 0.15) is 11.4 Å². The van der Waals surface area contributed by atoms with E-state index in [0.717, 1.165) is 22.0 Å². The largest absolute Gasteiger partial charge is 0.459 e. The number of rotatable bonds is 6. The molecule has 1 amide bonds. The Labute approximate surface area is 187 Å². The molecule has 2 aliphatic rings. The molecule has 1 aliphatic heterocycles. The van der Waals surface area contributed by atoms with Gasteiger partial charge in [-0.3, -0.25) is 9.59 Å². The third-order valence-electron chi connectivity index (χ3n) is 6.18. The average Bonchev–Trinajstić information content (AvgIpc) is 2.97. The maximum atomic E-state index is 13.3. The first-order chi connectivity index (χ1) is 14.5. The minimum atomic E-state index is -0.757. The van der Waals surface area contributed by atoms with Crippen molar-refractivity contribution >= 4 is 29.2 Å². The summed E-state index contributed by atoms with van der Waals surface area (Å²) < 4.78 is 7.70. The molecule has 1 saturated carbocycles. The topological polar surface area (TPSA) is 84.7 Å². The summed E-state index contributed by atoms with van der Waals surface area (Å²) >= 11 is 1.77. The van der Waals surface area contributed by atoms with Gasteiger partial charge in [-0.2, -0.15) is 0 Å². The van der Waals surface area contributed by atoms with Crippen LogP contribution in [0.15, 0.2) is 29.4 Å². The van der Waals surface area contributed by atoms with Crippen molar-refractivity contribution < 1.29 is 14.3 Å². The Kier molecular flexibility index (Phi) is 5.37. The summed E-state index contributed by atoms with van der Waals surface area (Å²) in [5, 5.41) is 6.42. The summed E-state index contributed by atoms with van der Waals surface area (Å²) in [5.74, 6) is 0.954. The van der Waals surface area contributed by atoms with Crippen LogP contribution in [0.1, 0.15) is 47.4 Å². The van der Waals surface area contributed by atoms with E-state index in [1.165, 1.54) is 0 Å². The standard InChI is InChI=1S/C23H32N4O3S/c1-7-31-16-9-8-10-27-15(16)12-25-19(27)22(5,6)26-18(28)17-14-11-24-13-23(14,17)20(29)30-21(2,3)4/h8-10,12,14,17,24H,7,11,13H2,1-6H3,(H,26,28)/t14-,17-,23+/m0/s1. The van der Waals surface area contributed by atoms with Gasteiger partial charge in [-0.25, -0.2) is 4.98 Å². The van der Waals surface area contributed by atoms with Crippen LogP contribution < -0.4 is 10.6 Å². The third-order valence-corrected chi connectivity index (χ3v) is 7.12. The zero-order valence-corrected chi connectivity index (χ0v) is 19.9. The lowest BCUT2D eigenvalue weighted by Gasteiger charge is -2.27. The smallest absolute Gasteiger partial charge is 0.315 e. The highest BCUT2D eigenvalue weighted by Crippen LogP contribution is 2.62. The quantitative estimate of drug-likeness (QED) is 0.526. The highest BCUT2D eigenvalue weighted by Gasteiger charge is 2.75. The lowest BCUT2D eigenvalue weighted by molar-refractivity contribution is -0.163. The molecule has 31 heavy (non-hydrogen) atoms. The molecular formula is C23H32N4O3S. The monoisotopic (exact) mass is 444 g/mol. The molecule has 2 fully saturated rings. The van der Waals surface area contributed by atoms with Crippen molar-refractivity contribution in [2.45, 2.75) is 57.6 Å². The van der Waals surface area contributed by atoms with Gasteiger partial charge in [-0.05, 0) is 59.0 Å². The van der Waals surface area contributed by atoms with Crippen molar-refractivity contribution in [3.05, 3.63) is 30.4 Å². The maximum absolute atomic E-state index is 13.3. The highest BCUT2D eigenvalue weighted by molar-refractivity contribution is 7.99. The van der Waals surface area contributed by atoms with Gasteiger partial charge in [0.05, 0.1) is 28.6 Å². The van der Waals surface area contributed by atoms with Crippen molar-refractivity contribution in [1.82, 2.24) is 20.0 Å². The predicted molar refractivity (Wildman–Crippen MR) is 121 cm³/mol. The Morgan fingerprint density at radius 2 is 2.10 bits per heavy atom. The van der Waals surface area contributed by atoms with Gasteiger partial charge in [-0.15, -0.1) is 11.8 Å². The van der Waals surface area contributed by atoms with E-state index in [-0.39, 0.29) is 23.7 Å². The van der Waals surface area contributed by atoms with Crippen LogP contribution in [0.25, 0.3) is 5.52 Å². The number of thioether (sulfide) groups is 1. The summed E-state index contributed by atoms with van der Waals surface area (Å²) in [5.41, 5.74) is -1.000. The van der Waals surface area contributed by atoms with E-state index in [2.05, 4.69) is 28.6 Å². The van der Waals surface area contributed by atoms with E-state index in [9.17, 15) is 9.59 Å². The van der Waals surface area contributed by atoms with Gasteiger partial charge < -0.3 is 19.8 Å². The Bertz CT molecular complexity index is 1030. The van der Waals surface area contributed by atoms with Crippen molar-refractivity contribution in [2.24, 2.45) is 17.3 Å². The van der Waals surface area contributed by atoms with Crippen LogP contribution in [0.2, 0.25) is 0 Å². The summed E-state index contributed by atoms with van der Waals surface area (Å²) in [6.07, 6.45) is 3.84. The van der Waals surface area contributed by atoms with Gasteiger partial charge >= 0.3 is 5.97 Å². The Morgan fingerprint density at radius 1 is 1.35 bits per heavy atom. The number of hydrogen-bond acceptors (Lipinski definition) is 6. The first-order valence-corrected chi connectivity index (χ1v) is 11.9. The van der Waals surface area contributed by atoms with E-state index < -0.39 is 16.6 Å². The van der Waals surface area contributed by atoms with E-state index in [1.807, 2.05) is 57.5 Å². The molecule has 0 spiro atoms. The number of carbonyl (C=O) groups excluding carboxylic acids is 2. The first kappa shape index (κ1) is 22.1. The molecule has 0 bridgehead atoms. The number of nitrogens with zero attached hydrogens (tertiary/aromatic N) is 2. The van der Waals surface area contributed by atoms with E-state index in [1.54, 1.807) is 11.8 Å². The Hall–Kier alpha value is -2.06. The van der Waals surface area contributed by atoms with Gasteiger partial charge in [0.2, 0.25) is 5.91 Å². The lowest BCUT2D eigenvalue weighted by atomic mass is 10.0. The minimum Gasteiger partial charge on any atom is -0.459 e. The number of ether oxygens (including phenoxy) is 1. The van der Waals surface area contributed by atoms with Gasteiger partial charge in [-0.1, -0.05) is 6.92 Å². The molecule has 0 radical (unpaired) electrons. The number of fused-ring (bicyclic) bond motifs is 2. The fraction of sp³-hybridized carbons (Fsp3) is 0.609. The molecule has 3 heterocycles. The maximum Gasteiger partial charge on any atom is 0.315 e. The molecule has 2 aromatic heterocycles. The molecule has 7 nitrogen and oxygen atoms in total. The van der Waals surface area contributed by atoms with Crippen molar-refractivity contribution in [2.75, 3.05) is 18.8 Å². The van der Waals surface area contributed by atoms with Crippen LogP contribution in [0, 0.1) is 17.3 Å². The molecule has 0 unspecified atom stereocenters. The number of amides is 1. The van der Waals surface area contributed by atoms with Crippen LogP contribution >= 0.6 is 11.8 Å². The number of esters is 1. The number of piperidine rings is 1. The molecule has 4 rings (SSSR count). The number of aromatic nitrogens is 2. The van der Waals surface area contributed by atoms with E-state index in [0.29, 0.717) is 13.1 Å². The second kappa shape index (κ2) is 7.52. The SMILES string of the molecule is CCSc1cccn2c(C(C)(C)NC(=O)[C@@H]3[C@@H]4CNC[C@]34C(=O)OC(C)(C)C)ncc12. The normalized spacial score (nSPS) is 25.4. The number of carbonyl (C=O) groups is 2. The molecule has 0 aromatic carbocycles. The van der Waals surface area contributed by atoms with Gasteiger partial charge in [0, 0.05) is 23.6 Å². The first-order valence-electron chi connectivity index (χ1n) is 10.9. The molecule has 1 saturated heterocycles. The van der Waals surface area contributed by atoms with Crippen LogP contribution in [0.3, 0.4) is 0 Å². The molecule has 168 valence electrons. The zero-order chi connectivity index (χ0) is 22.6. The van der Waals surface area contributed by atoms with E-state index in [4.69, 9.17) is 4.74 Å². The van der Waals surface area contributed by atoms with Crippen molar-refractivity contribution in [3.63, 3.8) is 0 Å². The van der Waals surface area contributed by atoms with Crippen molar-refractivity contribution in [1.29, 1.82) is 0 Å². The molecular weight excluding hydrogens is 412 g/mol. The van der Waals surface area contributed by atoms with Gasteiger partial charge in [0.15, 0.2) is 0 Å². The number of imidazole rings is 1. The fourth-order valence-electron chi connectivity index (χ4n) is 4.81. The summed E-state index contributed by atoms with van der Waals surface area (Å²) in [4.78, 5) is 32.1. The molecule has 1 aliphatic carbocycles. The van der Waals surface area contributed by atoms with Crippen molar-refractivity contribution in [3.8, 4) is 0 Å². The summed E-state index contributed by atoms with van der Waals surface area (Å²) in [7, 11) is 0. The summed E-state index contributed by atoms with van der Waals surface area (Å²) in [6, 6.07) is 4.09. The zero-order valence-electron chi connectivity index (χ0n) is 19.1. The van der Waals surface area contributed by atoms with Gasteiger partial charge in [0.25, 0.3) is 0 Å². The average molecular weight is 445 g/mol. The molecule has 2 aromatic rings. The molecule has 8 heteroatoms. The second-order valence-electron chi connectivity index (χ2n) is 10.0. The highest BCUT2D eigenvalue weighted by atomic mass is 32.2. The Balaban J connectivity index is 1.56. The number of nitrogens with one attached hydrogen (secondary N) is 2. The van der Waals surface area contributed by atoms with Crippen LogP contribution in [0.5, 0.6) is 0 Å². The molecule has 2 N–H and O–H groups in total. The van der Waals surface area contributed by atoms with E-state index >= 15 is 0 Å². The lowest BCUT2D eigenvalue weighted by Crippen LogP contribution is -2.46. The second-order valence-corrected chi connectivity index (χ2v) is 11.3. The Morgan fingerprint density at radius 3 is 2.77 bits per heavy atom. The predicted octanol–water partition coefficient (Wildman–Crippen LogP) is 2.97. The van der Waals surface area contributed by atoms with Crippen LogP contribution in [0.4, 0.5) is 0 Å². The fourth-order valence-corrected chi connectivity index (χ4v) is 5.60. The summed E-state index contributed by atoms with van der Waals surface area (Å²) in [6.45, 7) is 12.7. The number of hydrogen-bond donors (Lipinski definition) is 2. The van der Waals surface area contributed by atoms with Crippen LogP contribution in [-0.4, -0.2) is 45.7 Å². The van der Waals surface area contributed by atoms with Crippen LogP contribution in [-0.2, 0) is 19.9 Å². The minimum absolute atomic E-state index is 0.0253.